The Kier molecular flexibility index (Phi) is 9.28. The minimum Gasteiger partial charge on any atom is -0.492 e. The van der Waals surface area contributed by atoms with Crippen molar-refractivity contribution < 1.29 is 14.2 Å². The van der Waals surface area contributed by atoms with Gasteiger partial charge in [0.25, 0.3) is 0 Å². The van der Waals surface area contributed by atoms with Gasteiger partial charge in [0.2, 0.25) is 0 Å². The number of guanidine groups is 1. The van der Waals surface area contributed by atoms with Gasteiger partial charge in [-0.2, -0.15) is 0 Å². The first-order valence-electron chi connectivity index (χ1n) is 9.49. The number of likely N-dealkylation sites (N-methyl/N-ethyl adjacent to an activating group) is 1. The third-order valence-electron chi connectivity index (χ3n) is 4.42. The van der Waals surface area contributed by atoms with E-state index in [-0.39, 0.29) is 0 Å². The van der Waals surface area contributed by atoms with Gasteiger partial charge >= 0.3 is 0 Å². The Hall–Kier alpha value is -1.79. The van der Waals surface area contributed by atoms with Crippen molar-refractivity contribution >= 4 is 5.96 Å². The van der Waals surface area contributed by atoms with Crippen molar-refractivity contribution in [2.24, 2.45) is 4.99 Å². The maximum absolute atomic E-state index is 5.89. The molecule has 0 spiro atoms. The molecule has 1 fully saturated rings. The normalized spacial score (nSPS) is 15.7. The zero-order valence-electron chi connectivity index (χ0n) is 16.4. The van der Waals surface area contributed by atoms with E-state index in [9.17, 15) is 0 Å². The summed E-state index contributed by atoms with van der Waals surface area (Å²) in [6.07, 6.45) is 3.35. The Labute approximate surface area is 157 Å². The number of ether oxygens (including phenoxy) is 3. The summed E-state index contributed by atoms with van der Waals surface area (Å²) in [7, 11) is 3.82. The molecule has 1 aromatic carbocycles. The molecule has 0 radical (unpaired) electrons. The largest absolute Gasteiger partial charge is 0.492 e. The van der Waals surface area contributed by atoms with Crippen LogP contribution in [-0.4, -0.2) is 70.6 Å². The molecule has 0 atom stereocenters. The lowest BCUT2D eigenvalue weighted by molar-refractivity contribution is -0.0320. The first kappa shape index (κ1) is 20.5. The molecule has 0 aromatic heterocycles. The van der Waals surface area contributed by atoms with Crippen LogP contribution in [0.2, 0.25) is 0 Å². The number of aliphatic imine (C=N–C) groups is 1. The van der Waals surface area contributed by atoms with Gasteiger partial charge in [-0.1, -0.05) is 17.7 Å². The first-order valence-corrected chi connectivity index (χ1v) is 9.49. The van der Waals surface area contributed by atoms with E-state index in [0.29, 0.717) is 12.7 Å². The van der Waals surface area contributed by atoms with Crippen LogP contribution in [0.25, 0.3) is 0 Å². The van der Waals surface area contributed by atoms with Gasteiger partial charge in [-0.3, -0.25) is 4.99 Å². The summed E-state index contributed by atoms with van der Waals surface area (Å²) in [6, 6.07) is 8.12. The molecular weight excluding hydrogens is 330 g/mol. The molecule has 1 aliphatic rings. The quantitative estimate of drug-likeness (QED) is 0.415. The fourth-order valence-corrected chi connectivity index (χ4v) is 2.79. The Morgan fingerprint density at radius 2 is 1.96 bits per heavy atom. The van der Waals surface area contributed by atoms with Crippen molar-refractivity contribution in [2.75, 3.05) is 53.6 Å². The first-order chi connectivity index (χ1) is 12.7. The van der Waals surface area contributed by atoms with Crippen LogP contribution in [0.15, 0.2) is 29.3 Å². The van der Waals surface area contributed by atoms with E-state index in [0.717, 1.165) is 63.9 Å². The maximum atomic E-state index is 5.89. The second-order valence-corrected chi connectivity index (χ2v) is 6.59. The van der Waals surface area contributed by atoms with Gasteiger partial charge < -0.3 is 24.4 Å². The van der Waals surface area contributed by atoms with E-state index in [1.807, 2.05) is 19.2 Å². The molecular formula is C20H33N3O3. The van der Waals surface area contributed by atoms with E-state index in [2.05, 4.69) is 34.3 Å². The van der Waals surface area contributed by atoms with E-state index in [1.54, 1.807) is 7.05 Å². The van der Waals surface area contributed by atoms with E-state index in [4.69, 9.17) is 14.2 Å². The molecule has 6 heteroatoms. The van der Waals surface area contributed by atoms with Gasteiger partial charge in [0.05, 0.1) is 12.6 Å². The van der Waals surface area contributed by atoms with Crippen molar-refractivity contribution in [3.8, 4) is 5.75 Å². The van der Waals surface area contributed by atoms with Crippen LogP contribution >= 0.6 is 0 Å². The second-order valence-electron chi connectivity index (χ2n) is 6.59. The van der Waals surface area contributed by atoms with Gasteiger partial charge in [0.15, 0.2) is 5.96 Å². The molecule has 6 nitrogen and oxygen atoms in total. The summed E-state index contributed by atoms with van der Waals surface area (Å²) in [5, 5.41) is 3.38. The zero-order chi connectivity index (χ0) is 18.6. The molecule has 1 saturated heterocycles. The number of rotatable bonds is 9. The standard InChI is InChI=1S/C20H33N3O3/c1-17-5-7-18(8-6-17)26-16-12-23(3)20(21-2)22-11-4-13-25-19-9-14-24-15-10-19/h5-8,19H,4,9-16H2,1-3H3,(H,21,22). The molecule has 26 heavy (non-hydrogen) atoms. The number of benzene rings is 1. The minimum absolute atomic E-state index is 0.365. The van der Waals surface area contributed by atoms with Gasteiger partial charge in [0.1, 0.15) is 12.4 Å². The minimum atomic E-state index is 0.365. The van der Waals surface area contributed by atoms with Crippen LogP contribution < -0.4 is 10.1 Å². The lowest BCUT2D eigenvalue weighted by Gasteiger charge is -2.23. The summed E-state index contributed by atoms with van der Waals surface area (Å²) in [6.45, 7) is 6.73. The Morgan fingerprint density at radius 1 is 1.23 bits per heavy atom. The Balaban J connectivity index is 1.57. The predicted octanol–water partition coefficient (Wildman–Crippen LogP) is 2.47. The molecule has 0 amide bonds. The zero-order valence-corrected chi connectivity index (χ0v) is 16.4. The summed E-state index contributed by atoms with van der Waals surface area (Å²) in [4.78, 5) is 6.41. The summed E-state index contributed by atoms with van der Waals surface area (Å²) in [5.74, 6) is 1.78. The monoisotopic (exact) mass is 363 g/mol. The summed E-state index contributed by atoms with van der Waals surface area (Å²) >= 11 is 0. The van der Waals surface area contributed by atoms with Gasteiger partial charge in [-0.15, -0.1) is 0 Å². The summed E-state index contributed by atoms with van der Waals surface area (Å²) in [5.41, 5.74) is 1.24. The van der Waals surface area contributed by atoms with Gasteiger partial charge in [-0.05, 0) is 38.3 Å². The van der Waals surface area contributed by atoms with Crippen LogP contribution in [0, 0.1) is 6.92 Å². The molecule has 1 N–H and O–H groups in total. The van der Waals surface area contributed by atoms with Crippen LogP contribution in [0.4, 0.5) is 0 Å². The lowest BCUT2D eigenvalue weighted by atomic mass is 10.1. The van der Waals surface area contributed by atoms with Crippen LogP contribution in [0.5, 0.6) is 5.75 Å². The molecule has 0 bridgehead atoms. The maximum Gasteiger partial charge on any atom is 0.193 e. The highest BCUT2D eigenvalue weighted by molar-refractivity contribution is 5.79. The molecule has 0 unspecified atom stereocenters. The van der Waals surface area contributed by atoms with Crippen molar-refractivity contribution in [2.45, 2.75) is 32.3 Å². The van der Waals surface area contributed by atoms with Gasteiger partial charge in [0, 0.05) is 40.5 Å². The Bertz CT molecular complexity index is 528. The van der Waals surface area contributed by atoms with Crippen LogP contribution in [-0.2, 0) is 9.47 Å². The number of aryl methyl sites for hydroxylation is 1. The predicted molar refractivity (Wildman–Crippen MR) is 105 cm³/mol. The fraction of sp³-hybridized carbons (Fsp3) is 0.650. The van der Waals surface area contributed by atoms with E-state index >= 15 is 0 Å². The topological polar surface area (TPSA) is 55.3 Å². The van der Waals surface area contributed by atoms with E-state index in [1.165, 1.54) is 5.56 Å². The van der Waals surface area contributed by atoms with Crippen molar-refractivity contribution in [3.05, 3.63) is 29.8 Å². The number of nitrogens with zero attached hydrogens (tertiary/aromatic N) is 2. The van der Waals surface area contributed by atoms with Crippen LogP contribution in [0.3, 0.4) is 0 Å². The van der Waals surface area contributed by atoms with Crippen LogP contribution in [0.1, 0.15) is 24.8 Å². The lowest BCUT2D eigenvalue weighted by Crippen LogP contribution is -2.41. The average molecular weight is 364 g/mol. The third-order valence-corrected chi connectivity index (χ3v) is 4.42. The summed E-state index contributed by atoms with van der Waals surface area (Å²) < 4.78 is 17.0. The van der Waals surface area contributed by atoms with Gasteiger partial charge in [-0.25, -0.2) is 0 Å². The molecule has 0 saturated carbocycles. The highest BCUT2D eigenvalue weighted by Gasteiger charge is 2.13. The van der Waals surface area contributed by atoms with Crippen molar-refractivity contribution in [3.63, 3.8) is 0 Å². The molecule has 1 aromatic rings. The Morgan fingerprint density at radius 3 is 2.65 bits per heavy atom. The number of nitrogens with one attached hydrogen (secondary N) is 1. The molecule has 146 valence electrons. The average Bonchev–Trinajstić information content (AvgIpc) is 2.67. The molecule has 1 aliphatic heterocycles. The van der Waals surface area contributed by atoms with E-state index < -0.39 is 0 Å². The van der Waals surface area contributed by atoms with Crippen molar-refractivity contribution in [1.82, 2.24) is 10.2 Å². The fourth-order valence-electron chi connectivity index (χ4n) is 2.79. The molecule has 2 rings (SSSR count). The third kappa shape index (κ3) is 7.62. The smallest absolute Gasteiger partial charge is 0.193 e. The highest BCUT2D eigenvalue weighted by Crippen LogP contribution is 2.11. The second kappa shape index (κ2) is 11.8. The number of hydrogen-bond donors (Lipinski definition) is 1. The highest BCUT2D eigenvalue weighted by atomic mass is 16.5. The number of hydrogen-bond acceptors (Lipinski definition) is 4. The van der Waals surface area contributed by atoms with Crippen molar-refractivity contribution in [1.29, 1.82) is 0 Å². The molecule has 0 aliphatic carbocycles. The molecule has 1 heterocycles. The SMILES string of the molecule is CN=C(NCCCOC1CCOCC1)N(C)CCOc1ccc(C)cc1.